The monoisotopic (exact) mass is 579 g/mol. The highest BCUT2D eigenvalue weighted by molar-refractivity contribution is 7.89. The lowest BCUT2D eigenvalue weighted by atomic mass is 9.91. The van der Waals surface area contributed by atoms with Crippen LogP contribution in [0.3, 0.4) is 0 Å². The van der Waals surface area contributed by atoms with Crippen molar-refractivity contribution < 1.29 is 27.5 Å². The Morgan fingerprint density at radius 3 is 1.95 bits per heavy atom. The number of hydrogen-bond donors (Lipinski definition) is 1. The smallest absolute Gasteiger partial charge is 0.424 e. The maximum absolute atomic E-state index is 13.8. The van der Waals surface area contributed by atoms with Gasteiger partial charge in [0, 0.05) is 0 Å². The normalized spacial score (nSPS) is 19.6. The second kappa shape index (κ2) is 11.0. The molecule has 0 aliphatic carbocycles. The van der Waals surface area contributed by atoms with Crippen molar-refractivity contribution in [3.8, 4) is 0 Å². The van der Waals surface area contributed by atoms with Gasteiger partial charge in [0.2, 0.25) is 0 Å². The molecule has 9 heteroatoms. The van der Waals surface area contributed by atoms with Crippen LogP contribution in [0.4, 0.5) is 4.79 Å². The molecule has 1 aliphatic heterocycles. The Kier molecular flexibility index (Phi) is 8.15. The molecular formula is C31H37NO6SSi. The third-order valence-corrected chi connectivity index (χ3v) is 14.6. The van der Waals surface area contributed by atoms with Crippen molar-refractivity contribution in [3.63, 3.8) is 0 Å². The minimum absolute atomic E-state index is 0.0871. The molecule has 3 aromatic rings. The first-order valence-corrected chi connectivity index (χ1v) is 16.6. The molecule has 3 aromatic carbocycles. The van der Waals surface area contributed by atoms with Crippen LogP contribution >= 0.6 is 0 Å². The molecule has 212 valence electrons. The fourth-order valence-corrected chi connectivity index (χ4v) is 11.8. The molecule has 0 bridgehead atoms. The van der Waals surface area contributed by atoms with Crippen LogP contribution in [0.15, 0.2) is 102 Å². The molecule has 40 heavy (non-hydrogen) atoms. The molecule has 3 atom stereocenters. The lowest BCUT2D eigenvalue weighted by molar-refractivity contribution is -0.0204. The molecule has 7 nitrogen and oxygen atoms in total. The first-order valence-electron chi connectivity index (χ1n) is 13.2. The second-order valence-electron chi connectivity index (χ2n) is 11.3. The van der Waals surface area contributed by atoms with Crippen molar-refractivity contribution >= 4 is 34.8 Å². The number of carbonyl (C=O) groups excluding carboxylic acids is 1. The number of sulfonamides is 1. The minimum atomic E-state index is -4.40. The quantitative estimate of drug-likeness (QED) is 0.299. The van der Waals surface area contributed by atoms with Crippen molar-refractivity contribution in [2.75, 3.05) is 6.61 Å². The van der Waals surface area contributed by atoms with E-state index in [0.29, 0.717) is 4.31 Å². The summed E-state index contributed by atoms with van der Waals surface area (Å²) in [5.41, 5.74) is -0.920. The molecular weight excluding hydrogens is 542 g/mol. The SMILES string of the molecule is C=C[C@]1([C@@H](O)[C@H](C)O[Si](c2ccccc2)(c2ccccc2)C(C)(C)C)COC(=O)N1S(=O)(=O)c1ccc(C)cc1. The van der Waals surface area contributed by atoms with E-state index >= 15 is 0 Å². The van der Waals surface area contributed by atoms with Gasteiger partial charge in [-0.05, 0) is 41.4 Å². The van der Waals surface area contributed by atoms with Crippen LogP contribution in [-0.4, -0.2) is 56.6 Å². The Labute approximate surface area is 238 Å². The van der Waals surface area contributed by atoms with E-state index in [0.717, 1.165) is 15.9 Å². The van der Waals surface area contributed by atoms with E-state index in [9.17, 15) is 18.3 Å². The van der Waals surface area contributed by atoms with Crippen LogP contribution in [-0.2, 0) is 19.2 Å². The van der Waals surface area contributed by atoms with E-state index < -0.39 is 48.8 Å². The molecule has 0 aromatic heterocycles. The van der Waals surface area contributed by atoms with Crippen molar-refractivity contribution in [1.29, 1.82) is 0 Å². The Balaban J connectivity index is 1.82. The molecule has 0 spiro atoms. The van der Waals surface area contributed by atoms with Gasteiger partial charge in [0.15, 0.2) is 0 Å². The van der Waals surface area contributed by atoms with Crippen LogP contribution < -0.4 is 10.4 Å². The number of nitrogens with zero attached hydrogens (tertiary/aromatic N) is 1. The number of aliphatic hydroxyl groups excluding tert-OH is 1. The maximum atomic E-state index is 13.8. The molecule has 1 aliphatic rings. The third-order valence-electron chi connectivity index (χ3n) is 7.62. The summed E-state index contributed by atoms with van der Waals surface area (Å²) in [7, 11) is -7.51. The largest absolute Gasteiger partial charge is 0.446 e. The summed E-state index contributed by atoms with van der Waals surface area (Å²) in [4.78, 5) is 12.9. The summed E-state index contributed by atoms with van der Waals surface area (Å²) in [5, 5.41) is 13.5. The number of benzene rings is 3. The zero-order valence-electron chi connectivity index (χ0n) is 23.6. The molecule has 0 unspecified atom stereocenters. The summed E-state index contributed by atoms with van der Waals surface area (Å²) in [6.45, 7) is 13.3. The topological polar surface area (TPSA) is 93.1 Å². The zero-order chi connectivity index (χ0) is 29.3. The lowest BCUT2D eigenvalue weighted by Crippen LogP contribution is -2.70. The predicted octanol–water partition coefficient (Wildman–Crippen LogP) is 4.39. The highest BCUT2D eigenvalue weighted by atomic mass is 32.2. The summed E-state index contributed by atoms with van der Waals surface area (Å²) < 4.78 is 40.5. The van der Waals surface area contributed by atoms with E-state index in [1.807, 2.05) is 67.6 Å². The number of amides is 1. The Hall–Kier alpha value is -3.24. The molecule has 0 saturated carbocycles. The summed E-state index contributed by atoms with van der Waals surface area (Å²) >= 11 is 0. The van der Waals surface area contributed by atoms with Gasteiger partial charge < -0.3 is 14.3 Å². The highest BCUT2D eigenvalue weighted by Crippen LogP contribution is 2.41. The summed E-state index contributed by atoms with van der Waals surface area (Å²) in [6, 6.07) is 26.0. The average molecular weight is 580 g/mol. The first kappa shape index (κ1) is 29.7. The summed E-state index contributed by atoms with van der Waals surface area (Å²) in [5.74, 6) is 0. The number of cyclic esters (lactones) is 1. The van der Waals surface area contributed by atoms with Crippen LogP contribution in [0.2, 0.25) is 5.04 Å². The predicted molar refractivity (Wildman–Crippen MR) is 159 cm³/mol. The molecule has 1 N–H and O–H groups in total. The minimum Gasteiger partial charge on any atom is -0.446 e. The molecule has 0 radical (unpaired) electrons. The highest BCUT2D eigenvalue weighted by Gasteiger charge is 2.60. The Morgan fingerprint density at radius 2 is 1.50 bits per heavy atom. The van der Waals surface area contributed by atoms with E-state index in [-0.39, 0.29) is 9.93 Å². The molecule has 1 saturated heterocycles. The van der Waals surface area contributed by atoms with Crippen LogP contribution in [0, 0.1) is 6.92 Å². The molecule has 1 heterocycles. The average Bonchev–Trinajstić information content (AvgIpc) is 3.29. The second-order valence-corrected chi connectivity index (χ2v) is 17.3. The zero-order valence-corrected chi connectivity index (χ0v) is 25.4. The number of aryl methyl sites for hydroxylation is 1. The van der Waals surface area contributed by atoms with Crippen molar-refractivity contribution in [2.24, 2.45) is 0 Å². The lowest BCUT2D eigenvalue weighted by Gasteiger charge is -2.47. The van der Waals surface area contributed by atoms with Gasteiger partial charge in [-0.2, -0.15) is 4.31 Å². The van der Waals surface area contributed by atoms with Crippen molar-refractivity contribution in [1.82, 2.24) is 4.31 Å². The number of rotatable bonds is 9. The summed E-state index contributed by atoms with van der Waals surface area (Å²) in [6.07, 6.45) is -2.20. The molecule has 1 fully saturated rings. The van der Waals surface area contributed by atoms with Gasteiger partial charge >= 0.3 is 6.09 Å². The number of aliphatic hydroxyl groups is 1. The fourth-order valence-electron chi connectivity index (χ4n) is 5.51. The number of hydrogen-bond acceptors (Lipinski definition) is 6. The first-order chi connectivity index (χ1) is 18.8. The van der Waals surface area contributed by atoms with E-state index in [1.165, 1.54) is 18.2 Å². The van der Waals surface area contributed by atoms with Gasteiger partial charge in [-0.25, -0.2) is 13.2 Å². The van der Waals surface area contributed by atoms with E-state index in [1.54, 1.807) is 19.1 Å². The standard InChI is InChI=1S/C31H37NO6SSi/c1-7-31(22-37-29(34)32(31)39(35,36)25-20-18-23(2)19-21-25)28(33)24(3)38-40(30(4,5)6,26-14-10-8-11-15-26)27-16-12-9-13-17-27/h7-21,24,28,33H,1,22H2,2-6H3/t24-,28-,31+/m0/s1. The molecule has 4 rings (SSSR count). The van der Waals surface area contributed by atoms with Gasteiger partial charge in [0.25, 0.3) is 18.3 Å². The number of carbonyl (C=O) groups is 1. The Morgan fingerprint density at radius 1 is 1.00 bits per heavy atom. The number of ether oxygens (including phenoxy) is 1. The van der Waals surface area contributed by atoms with E-state index in [4.69, 9.17) is 9.16 Å². The molecule has 1 amide bonds. The van der Waals surface area contributed by atoms with E-state index in [2.05, 4.69) is 27.4 Å². The van der Waals surface area contributed by atoms with Crippen molar-refractivity contribution in [2.45, 2.75) is 62.3 Å². The van der Waals surface area contributed by atoms with Crippen LogP contribution in [0.1, 0.15) is 33.3 Å². The Bertz CT molecular complexity index is 1420. The van der Waals surface area contributed by atoms with Gasteiger partial charge in [-0.1, -0.05) is 105 Å². The van der Waals surface area contributed by atoms with Gasteiger partial charge in [0.05, 0.1) is 11.0 Å². The van der Waals surface area contributed by atoms with Crippen LogP contribution in [0.5, 0.6) is 0 Å². The van der Waals surface area contributed by atoms with Crippen LogP contribution in [0.25, 0.3) is 0 Å². The van der Waals surface area contributed by atoms with Gasteiger partial charge in [0.1, 0.15) is 18.2 Å². The van der Waals surface area contributed by atoms with Gasteiger partial charge in [-0.3, -0.25) is 0 Å². The maximum Gasteiger partial charge on any atom is 0.424 e. The third kappa shape index (κ3) is 4.92. The van der Waals surface area contributed by atoms with Crippen molar-refractivity contribution in [3.05, 3.63) is 103 Å². The fraction of sp³-hybridized carbons (Fsp3) is 0.323. The van der Waals surface area contributed by atoms with Gasteiger partial charge in [-0.15, -0.1) is 6.58 Å².